The summed E-state index contributed by atoms with van der Waals surface area (Å²) in [6, 6.07) is 5.98. The van der Waals surface area contributed by atoms with Gasteiger partial charge in [-0.15, -0.1) is 11.3 Å². The van der Waals surface area contributed by atoms with Crippen molar-refractivity contribution in [2.24, 2.45) is 5.73 Å². The van der Waals surface area contributed by atoms with Gasteiger partial charge in [0.25, 0.3) is 5.89 Å². The van der Waals surface area contributed by atoms with Gasteiger partial charge in [0.2, 0.25) is 5.82 Å². The largest absolute Gasteiger partial charge is 0.332 e. The van der Waals surface area contributed by atoms with Crippen molar-refractivity contribution >= 4 is 27.3 Å². The fraction of sp³-hybridized carbons (Fsp3) is 0.154. The molecule has 0 aliphatic rings. The number of nitrogens with zero attached hydrogens (tertiary/aromatic N) is 3. The standard InChI is InChI=1S/C13H11BrN4OS/c1-7-2-3-8(9(14)4-7)12-17-13(19-18-12)10-6-20-11(5-15)16-10/h2-4,6H,5,15H2,1H3. The van der Waals surface area contributed by atoms with Gasteiger partial charge >= 0.3 is 0 Å². The molecule has 0 fully saturated rings. The van der Waals surface area contributed by atoms with E-state index in [1.54, 1.807) is 0 Å². The Morgan fingerprint density at radius 2 is 2.20 bits per heavy atom. The highest BCUT2D eigenvalue weighted by Gasteiger charge is 2.15. The zero-order valence-electron chi connectivity index (χ0n) is 10.6. The molecular weight excluding hydrogens is 340 g/mol. The molecule has 0 spiro atoms. The number of benzene rings is 1. The molecule has 1 aromatic carbocycles. The van der Waals surface area contributed by atoms with Gasteiger partial charge in [0, 0.05) is 22.0 Å². The topological polar surface area (TPSA) is 77.8 Å². The first kappa shape index (κ1) is 13.4. The van der Waals surface area contributed by atoms with E-state index in [9.17, 15) is 0 Å². The van der Waals surface area contributed by atoms with Gasteiger partial charge in [-0.1, -0.05) is 27.2 Å². The molecule has 0 unspecified atom stereocenters. The third-order valence-corrected chi connectivity index (χ3v) is 4.26. The van der Waals surface area contributed by atoms with Crippen LogP contribution in [0.25, 0.3) is 23.0 Å². The molecule has 3 rings (SSSR count). The Morgan fingerprint density at radius 1 is 1.35 bits per heavy atom. The molecular formula is C13H11BrN4OS. The van der Waals surface area contributed by atoms with Crippen LogP contribution in [0.5, 0.6) is 0 Å². The number of aryl methyl sites for hydroxylation is 1. The average Bonchev–Trinajstić information content (AvgIpc) is 3.07. The first-order valence-electron chi connectivity index (χ1n) is 5.92. The lowest BCUT2D eigenvalue weighted by Crippen LogP contribution is -1.94. The van der Waals surface area contributed by atoms with Crippen LogP contribution in [0.2, 0.25) is 0 Å². The summed E-state index contributed by atoms with van der Waals surface area (Å²) < 4.78 is 6.21. The third-order valence-electron chi connectivity index (χ3n) is 2.74. The van der Waals surface area contributed by atoms with Gasteiger partial charge in [0.15, 0.2) is 0 Å². The van der Waals surface area contributed by atoms with Crippen molar-refractivity contribution in [1.82, 2.24) is 15.1 Å². The monoisotopic (exact) mass is 350 g/mol. The first-order valence-corrected chi connectivity index (χ1v) is 7.59. The van der Waals surface area contributed by atoms with Crippen LogP contribution in [0.1, 0.15) is 10.6 Å². The molecule has 2 heterocycles. The average molecular weight is 351 g/mol. The lowest BCUT2D eigenvalue weighted by atomic mass is 10.1. The molecule has 2 aromatic heterocycles. The van der Waals surface area contributed by atoms with Crippen molar-refractivity contribution in [3.63, 3.8) is 0 Å². The number of hydrogen-bond acceptors (Lipinski definition) is 6. The van der Waals surface area contributed by atoms with Crippen LogP contribution in [0, 0.1) is 6.92 Å². The summed E-state index contributed by atoms with van der Waals surface area (Å²) in [6.07, 6.45) is 0. The lowest BCUT2D eigenvalue weighted by Gasteiger charge is -1.99. The van der Waals surface area contributed by atoms with Crippen LogP contribution in [-0.4, -0.2) is 15.1 Å². The van der Waals surface area contributed by atoms with Crippen LogP contribution < -0.4 is 5.73 Å². The minimum atomic E-state index is 0.406. The van der Waals surface area contributed by atoms with E-state index in [1.165, 1.54) is 11.3 Å². The Bertz CT molecular complexity index is 752. The smallest absolute Gasteiger partial charge is 0.277 e. The maximum absolute atomic E-state index is 5.55. The van der Waals surface area contributed by atoms with Crippen LogP contribution in [0.3, 0.4) is 0 Å². The number of aromatic nitrogens is 3. The fourth-order valence-electron chi connectivity index (χ4n) is 1.74. The van der Waals surface area contributed by atoms with Crippen LogP contribution in [-0.2, 0) is 6.54 Å². The zero-order chi connectivity index (χ0) is 14.1. The number of halogens is 1. The van der Waals surface area contributed by atoms with Crippen LogP contribution >= 0.6 is 27.3 Å². The molecule has 20 heavy (non-hydrogen) atoms. The van der Waals surface area contributed by atoms with Crippen molar-refractivity contribution in [3.8, 4) is 23.0 Å². The van der Waals surface area contributed by atoms with E-state index in [1.807, 2.05) is 30.5 Å². The van der Waals surface area contributed by atoms with Crippen molar-refractivity contribution < 1.29 is 4.52 Å². The minimum absolute atomic E-state index is 0.406. The normalized spacial score (nSPS) is 10.9. The van der Waals surface area contributed by atoms with E-state index in [2.05, 4.69) is 31.1 Å². The predicted octanol–water partition coefficient (Wildman–Crippen LogP) is 3.39. The second-order valence-corrected chi connectivity index (χ2v) is 6.03. The SMILES string of the molecule is Cc1ccc(-c2noc(-c3csc(CN)n3)n2)c(Br)c1. The van der Waals surface area contributed by atoms with E-state index >= 15 is 0 Å². The molecule has 102 valence electrons. The van der Waals surface area contributed by atoms with Gasteiger partial charge in [-0.25, -0.2) is 4.98 Å². The summed E-state index contributed by atoms with van der Waals surface area (Å²) in [7, 11) is 0. The van der Waals surface area contributed by atoms with E-state index in [0.717, 1.165) is 20.6 Å². The van der Waals surface area contributed by atoms with E-state index < -0.39 is 0 Å². The Hall–Kier alpha value is -1.57. The summed E-state index contributed by atoms with van der Waals surface area (Å²) >= 11 is 4.99. The molecule has 0 bridgehead atoms. The maximum atomic E-state index is 5.55. The second kappa shape index (κ2) is 5.43. The predicted molar refractivity (Wildman–Crippen MR) is 81.2 cm³/mol. The number of hydrogen-bond donors (Lipinski definition) is 1. The van der Waals surface area contributed by atoms with E-state index in [-0.39, 0.29) is 0 Å². The molecule has 0 saturated heterocycles. The molecule has 0 amide bonds. The molecule has 0 aliphatic heterocycles. The van der Waals surface area contributed by atoms with Crippen molar-refractivity contribution in [3.05, 3.63) is 38.6 Å². The summed E-state index contributed by atoms with van der Waals surface area (Å²) in [5.41, 5.74) is 8.26. The van der Waals surface area contributed by atoms with Gasteiger partial charge in [-0.3, -0.25) is 0 Å². The van der Waals surface area contributed by atoms with Gasteiger partial charge in [0.1, 0.15) is 10.7 Å². The number of thiazole rings is 1. The molecule has 0 radical (unpaired) electrons. The third kappa shape index (κ3) is 2.52. The Morgan fingerprint density at radius 3 is 2.90 bits per heavy atom. The van der Waals surface area contributed by atoms with E-state index in [0.29, 0.717) is 24.0 Å². The Balaban J connectivity index is 1.97. The van der Waals surface area contributed by atoms with Gasteiger partial charge in [-0.2, -0.15) is 4.98 Å². The molecule has 5 nitrogen and oxygen atoms in total. The quantitative estimate of drug-likeness (QED) is 0.783. The van der Waals surface area contributed by atoms with E-state index in [4.69, 9.17) is 10.3 Å². The molecule has 0 aliphatic carbocycles. The maximum Gasteiger partial charge on any atom is 0.277 e. The second-order valence-electron chi connectivity index (χ2n) is 4.24. The van der Waals surface area contributed by atoms with Crippen molar-refractivity contribution in [2.75, 3.05) is 0 Å². The molecule has 0 saturated carbocycles. The molecule has 3 aromatic rings. The Labute approximate surface area is 128 Å². The summed E-state index contributed by atoms with van der Waals surface area (Å²) in [5.74, 6) is 0.942. The minimum Gasteiger partial charge on any atom is -0.332 e. The summed E-state index contributed by atoms with van der Waals surface area (Å²) in [5, 5.41) is 6.71. The Kier molecular flexibility index (Phi) is 3.64. The van der Waals surface area contributed by atoms with Crippen LogP contribution in [0.15, 0.2) is 32.6 Å². The lowest BCUT2D eigenvalue weighted by molar-refractivity contribution is 0.431. The highest BCUT2D eigenvalue weighted by atomic mass is 79.9. The summed E-state index contributed by atoms with van der Waals surface area (Å²) in [4.78, 5) is 8.71. The molecule has 7 heteroatoms. The highest BCUT2D eigenvalue weighted by Crippen LogP contribution is 2.29. The van der Waals surface area contributed by atoms with Crippen molar-refractivity contribution in [2.45, 2.75) is 13.5 Å². The molecule has 2 N–H and O–H groups in total. The summed E-state index contributed by atoms with van der Waals surface area (Å²) in [6.45, 7) is 2.44. The van der Waals surface area contributed by atoms with Gasteiger partial charge < -0.3 is 10.3 Å². The van der Waals surface area contributed by atoms with Gasteiger partial charge in [-0.05, 0) is 24.6 Å². The first-order chi connectivity index (χ1) is 9.67. The van der Waals surface area contributed by atoms with Gasteiger partial charge in [0.05, 0.1) is 0 Å². The van der Waals surface area contributed by atoms with Crippen LogP contribution in [0.4, 0.5) is 0 Å². The number of nitrogens with two attached hydrogens (primary N) is 1. The highest BCUT2D eigenvalue weighted by molar-refractivity contribution is 9.10. The molecule has 0 atom stereocenters. The number of rotatable bonds is 3. The zero-order valence-corrected chi connectivity index (χ0v) is 13.0. The van der Waals surface area contributed by atoms with Crippen molar-refractivity contribution in [1.29, 1.82) is 0 Å². The fourth-order valence-corrected chi connectivity index (χ4v) is 3.06.